The van der Waals surface area contributed by atoms with Crippen LogP contribution in [0.3, 0.4) is 0 Å². The van der Waals surface area contributed by atoms with Crippen LogP contribution in [0, 0.1) is 5.92 Å². The number of thiazole rings is 1. The molecule has 1 aromatic heterocycles. The van der Waals surface area contributed by atoms with Gasteiger partial charge in [-0.3, -0.25) is 9.59 Å². The Labute approximate surface area is 97.3 Å². The van der Waals surface area contributed by atoms with Crippen LogP contribution in [0.15, 0.2) is 11.6 Å². The number of amides is 2. The summed E-state index contributed by atoms with van der Waals surface area (Å²) in [5, 5.41) is 2.15. The van der Waals surface area contributed by atoms with E-state index in [1.807, 2.05) is 0 Å². The van der Waals surface area contributed by atoms with Crippen molar-refractivity contribution >= 4 is 28.3 Å². The van der Waals surface area contributed by atoms with E-state index in [-0.39, 0.29) is 17.7 Å². The van der Waals surface area contributed by atoms with Gasteiger partial charge in [0.2, 0.25) is 5.91 Å². The molecule has 0 aliphatic heterocycles. The summed E-state index contributed by atoms with van der Waals surface area (Å²) in [4.78, 5) is 29.0. The molecule has 2 rings (SSSR count). The van der Waals surface area contributed by atoms with Crippen molar-refractivity contribution in [2.45, 2.75) is 25.8 Å². The van der Waals surface area contributed by atoms with Gasteiger partial charge in [0.1, 0.15) is 0 Å². The van der Waals surface area contributed by atoms with Gasteiger partial charge in [-0.1, -0.05) is 0 Å². The number of carbonyl (C=O) groups is 2. The number of rotatable bonds is 3. The zero-order valence-electron chi connectivity index (χ0n) is 8.92. The highest BCUT2D eigenvalue weighted by Gasteiger charge is 2.38. The summed E-state index contributed by atoms with van der Waals surface area (Å²) in [6, 6.07) is -0.688. The first-order chi connectivity index (χ1) is 7.61. The number of anilines is 1. The van der Waals surface area contributed by atoms with Gasteiger partial charge in [-0.05, 0) is 19.8 Å². The lowest BCUT2D eigenvalue weighted by Crippen LogP contribution is -2.46. The van der Waals surface area contributed by atoms with Crippen LogP contribution in [-0.2, 0) is 9.59 Å². The van der Waals surface area contributed by atoms with E-state index >= 15 is 0 Å². The third-order valence-corrected chi connectivity index (χ3v) is 3.12. The molecule has 0 radical (unpaired) electrons. The Bertz CT molecular complexity index is 384. The Kier molecular flexibility index (Phi) is 3.02. The Balaban J connectivity index is 2.25. The molecule has 1 saturated carbocycles. The van der Waals surface area contributed by atoms with Crippen molar-refractivity contribution in [2.75, 3.05) is 4.90 Å². The highest BCUT2D eigenvalue weighted by atomic mass is 32.1. The number of nitrogens with two attached hydrogens (primary N) is 1. The van der Waals surface area contributed by atoms with Gasteiger partial charge in [0.15, 0.2) is 5.13 Å². The van der Waals surface area contributed by atoms with Crippen molar-refractivity contribution in [1.29, 1.82) is 0 Å². The summed E-state index contributed by atoms with van der Waals surface area (Å²) in [7, 11) is 0. The van der Waals surface area contributed by atoms with E-state index in [1.54, 1.807) is 18.5 Å². The van der Waals surface area contributed by atoms with Gasteiger partial charge in [-0.25, -0.2) is 9.88 Å². The molecule has 2 amide bonds. The highest BCUT2D eigenvalue weighted by molar-refractivity contribution is 7.14. The molecule has 1 aliphatic rings. The molecule has 16 heavy (non-hydrogen) atoms. The summed E-state index contributed by atoms with van der Waals surface area (Å²) in [5.74, 6) is -0.573. The predicted octanol–water partition coefficient (Wildman–Crippen LogP) is 0.760. The quantitative estimate of drug-likeness (QED) is 0.844. The van der Waals surface area contributed by atoms with Crippen molar-refractivity contribution in [1.82, 2.24) is 4.98 Å². The minimum absolute atomic E-state index is 0.0217. The van der Waals surface area contributed by atoms with Gasteiger partial charge >= 0.3 is 0 Å². The maximum Gasteiger partial charge on any atom is 0.252 e. The van der Waals surface area contributed by atoms with Crippen molar-refractivity contribution in [3.8, 4) is 0 Å². The zero-order chi connectivity index (χ0) is 11.7. The van der Waals surface area contributed by atoms with Crippen LogP contribution in [0.4, 0.5) is 5.13 Å². The monoisotopic (exact) mass is 239 g/mol. The first kappa shape index (κ1) is 11.2. The zero-order valence-corrected chi connectivity index (χ0v) is 9.74. The molecule has 1 atom stereocenters. The van der Waals surface area contributed by atoms with Crippen LogP contribution in [0.1, 0.15) is 19.8 Å². The van der Waals surface area contributed by atoms with Crippen LogP contribution in [0.5, 0.6) is 0 Å². The summed E-state index contributed by atoms with van der Waals surface area (Å²) in [6.45, 7) is 1.57. The van der Waals surface area contributed by atoms with E-state index in [0.717, 1.165) is 17.7 Å². The van der Waals surface area contributed by atoms with Crippen LogP contribution in [0.2, 0.25) is 0 Å². The van der Waals surface area contributed by atoms with E-state index in [9.17, 15) is 9.59 Å². The Hall–Kier alpha value is -1.27. The van der Waals surface area contributed by atoms with Crippen LogP contribution in [0.25, 0.3) is 0 Å². The standard InChI is InChI=1S/C10H13N3O2S/c1-6(11)8(14)13(9(15)7-2-3-7)10-12-4-5-16-10/h4-7H,2-3,11H2,1H3/t6-/m0/s1. The summed E-state index contributed by atoms with van der Waals surface area (Å²) in [6.07, 6.45) is 3.28. The van der Waals surface area contributed by atoms with Crippen molar-refractivity contribution < 1.29 is 9.59 Å². The summed E-state index contributed by atoms with van der Waals surface area (Å²) < 4.78 is 0. The van der Waals surface area contributed by atoms with E-state index < -0.39 is 6.04 Å². The van der Waals surface area contributed by atoms with Crippen LogP contribution < -0.4 is 10.6 Å². The molecule has 1 aliphatic carbocycles. The van der Waals surface area contributed by atoms with Crippen LogP contribution in [-0.4, -0.2) is 22.8 Å². The molecule has 86 valence electrons. The Morgan fingerprint density at radius 3 is 2.75 bits per heavy atom. The van der Waals surface area contributed by atoms with E-state index in [0.29, 0.717) is 5.13 Å². The fraction of sp³-hybridized carbons (Fsp3) is 0.500. The number of nitrogens with zero attached hydrogens (tertiary/aromatic N) is 2. The average molecular weight is 239 g/mol. The van der Waals surface area contributed by atoms with Crippen LogP contribution >= 0.6 is 11.3 Å². The van der Waals surface area contributed by atoms with Gasteiger partial charge in [0.05, 0.1) is 6.04 Å². The first-order valence-electron chi connectivity index (χ1n) is 5.14. The molecule has 0 bridgehead atoms. The lowest BCUT2D eigenvalue weighted by atomic mass is 10.3. The number of hydrogen-bond donors (Lipinski definition) is 1. The molecule has 0 spiro atoms. The van der Waals surface area contributed by atoms with E-state index in [2.05, 4.69) is 4.98 Å². The molecular formula is C10H13N3O2S. The van der Waals surface area contributed by atoms with Gasteiger partial charge in [0, 0.05) is 17.5 Å². The highest BCUT2D eigenvalue weighted by Crippen LogP contribution is 2.33. The fourth-order valence-corrected chi connectivity index (χ4v) is 1.99. The smallest absolute Gasteiger partial charge is 0.252 e. The molecule has 0 unspecified atom stereocenters. The van der Waals surface area contributed by atoms with E-state index in [1.165, 1.54) is 11.3 Å². The average Bonchev–Trinajstić information content (AvgIpc) is 2.97. The van der Waals surface area contributed by atoms with Gasteiger partial charge in [-0.2, -0.15) is 0 Å². The summed E-state index contributed by atoms with van der Waals surface area (Å²) in [5.41, 5.74) is 5.53. The van der Waals surface area contributed by atoms with Crippen molar-refractivity contribution in [3.63, 3.8) is 0 Å². The van der Waals surface area contributed by atoms with E-state index in [4.69, 9.17) is 5.73 Å². The maximum absolute atomic E-state index is 12.0. The second-order valence-corrected chi connectivity index (χ2v) is 4.76. The molecule has 0 aromatic carbocycles. The SMILES string of the molecule is C[C@H](N)C(=O)N(C(=O)C1CC1)c1nccs1. The molecule has 1 aromatic rings. The number of imide groups is 1. The Morgan fingerprint density at radius 1 is 1.62 bits per heavy atom. The molecule has 1 fully saturated rings. The predicted molar refractivity (Wildman–Crippen MR) is 61.0 cm³/mol. The minimum Gasteiger partial charge on any atom is -0.320 e. The summed E-state index contributed by atoms with van der Waals surface area (Å²) >= 11 is 1.27. The first-order valence-corrected chi connectivity index (χ1v) is 6.02. The normalized spacial score (nSPS) is 16.9. The maximum atomic E-state index is 12.0. The van der Waals surface area contributed by atoms with Crippen molar-refractivity contribution in [3.05, 3.63) is 11.6 Å². The number of hydrogen-bond acceptors (Lipinski definition) is 5. The van der Waals surface area contributed by atoms with Gasteiger partial charge in [0.25, 0.3) is 5.91 Å². The molecule has 2 N–H and O–H groups in total. The number of aromatic nitrogens is 1. The third-order valence-electron chi connectivity index (χ3n) is 2.37. The van der Waals surface area contributed by atoms with Gasteiger partial charge < -0.3 is 5.73 Å². The Morgan fingerprint density at radius 2 is 2.31 bits per heavy atom. The second kappa shape index (κ2) is 4.31. The fourth-order valence-electron chi connectivity index (χ4n) is 1.34. The molecule has 6 heteroatoms. The van der Waals surface area contributed by atoms with Crippen molar-refractivity contribution in [2.24, 2.45) is 11.7 Å². The number of carbonyl (C=O) groups excluding carboxylic acids is 2. The second-order valence-electron chi connectivity index (χ2n) is 3.89. The topological polar surface area (TPSA) is 76.3 Å². The molecule has 1 heterocycles. The lowest BCUT2D eigenvalue weighted by molar-refractivity contribution is -0.127. The molecular weight excluding hydrogens is 226 g/mol. The van der Waals surface area contributed by atoms with Gasteiger partial charge in [-0.15, -0.1) is 11.3 Å². The molecule has 5 nitrogen and oxygen atoms in total. The largest absolute Gasteiger partial charge is 0.320 e. The molecule has 0 saturated heterocycles. The third kappa shape index (κ3) is 2.12. The lowest BCUT2D eigenvalue weighted by Gasteiger charge is -2.19. The minimum atomic E-state index is -0.688.